The number of nitrogens with zero attached hydrogens (tertiary/aromatic N) is 5. The summed E-state index contributed by atoms with van der Waals surface area (Å²) >= 11 is 6.12. The molecular weight excluding hydrogens is 526 g/mol. The van der Waals surface area contributed by atoms with Crippen molar-refractivity contribution >= 4 is 23.3 Å². The number of hydrogen-bond acceptors (Lipinski definition) is 8. The molecule has 2 aliphatic heterocycles. The minimum Gasteiger partial charge on any atom is -0.490 e. The van der Waals surface area contributed by atoms with E-state index in [4.69, 9.17) is 21.6 Å². The molecule has 0 radical (unpaired) electrons. The first kappa shape index (κ1) is 27.3. The predicted molar refractivity (Wildman–Crippen MR) is 154 cm³/mol. The molecule has 1 spiro atoms. The third-order valence-corrected chi connectivity index (χ3v) is 9.72. The first-order valence-corrected chi connectivity index (χ1v) is 15.1. The molecule has 1 aromatic heterocycles. The summed E-state index contributed by atoms with van der Waals surface area (Å²) in [5.41, 5.74) is 1.31. The number of rotatable bonds is 6. The number of nitrogens with one attached hydrogen (secondary N) is 2. The van der Waals surface area contributed by atoms with E-state index in [0.717, 1.165) is 63.7 Å². The number of aromatic nitrogens is 2. The van der Waals surface area contributed by atoms with Crippen LogP contribution in [0, 0.1) is 16.7 Å². The van der Waals surface area contributed by atoms with Gasteiger partial charge >= 0.3 is 0 Å². The minimum atomic E-state index is -0.173. The number of carbonyl (C=O) groups excluding carboxylic acids is 1. The van der Waals surface area contributed by atoms with Gasteiger partial charge in [0.05, 0.1) is 16.7 Å². The van der Waals surface area contributed by atoms with Gasteiger partial charge in [0.1, 0.15) is 11.8 Å². The van der Waals surface area contributed by atoms with Gasteiger partial charge < -0.3 is 20.3 Å². The molecule has 40 heavy (non-hydrogen) atoms. The lowest BCUT2D eigenvalue weighted by Crippen LogP contribution is -2.58. The molecule has 2 saturated carbocycles. The second-order valence-corrected chi connectivity index (χ2v) is 12.3. The number of amides is 1. The van der Waals surface area contributed by atoms with Crippen molar-refractivity contribution in [2.45, 2.75) is 69.6 Å². The Balaban J connectivity index is 0.931. The molecule has 0 atom stereocenters. The van der Waals surface area contributed by atoms with Crippen LogP contribution in [0.1, 0.15) is 67.4 Å². The Labute approximate surface area is 241 Å². The highest BCUT2D eigenvalue weighted by Crippen LogP contribution is 2.51. The van der Waals surface area contributed by atoms with Gasteiger partial charge in [0, 0.05) is 57.4 Å². The highest BCUT2D eigenvalue weighted by Gasteiger charge is 2.47. The van der Waals surface area contributed by atoms with Crippen molar-refractivity contribution < 1.29 is 9.53 Å². The summed E-state index contributed by atoms with van der Waals surface area (Å²) < 4.78 is 6.06. The van der Waals surface area contributed by atoms with E-state index in [1.807, 2.05) is 6.07 Å². The Kier molecular flexibility index (Phi) is 8.10. The molecule has 6 rings (SSSR count). The Bertz CT molecular complexity index is 1220. The number of benzene rings is 1. The standard InChI is InChI=1S/C30H38ClN7O2/c31-26-17-25(4-1-21(26)20-32)40-24-5-2-22(3-6-24)34-29(39)27-7-8-28(36-35-27)38-13-9-30(10-14-38)18-23(19-30)37-15-11-33-12-16-37/h1,4,7-8,17,22-24,33H,2-3,5-6,9-16,18-19H2,(H,34,39)/t22-,24-. The monoisotopic (exact) mass is 563 g/mol. The quantitative estimate of drug-likeness (QED) is 0.547. The average molecular weight is 564 g/mol. The zero-order chi connectivity index (χ0) is 27.5. The molecule has 2 aromatic rings. The predicted octanol–water partition coefficient (Wildman–Crippen LogP) is 3.78. The molecule has 1 aromatic carbocycles. The van der Waals surface area contributed by atoms with Crippen LogP contribution in [0.3, 0.4) is 0 Å². The number of hydrogen-bond donors (Lipinski definition) is 2. The molecule has 9 nitrogen and oxygen atoms in total. The SMILES string of the molecule is N#Cc1ccc(O[C@H]2CC[C@H](NC(=O)c3ccc(N4CCC5(CC4)CC(N4CCNCC4)C5)nn3)CC2)cc1Cl. The van der Waals surface area contributed by atoms with Gasteiger partial charge in [-0.05, 0) is 81.0 Å². The third kappa shape index (κ3) is 6.04. The van der Waals surface area contributed by atoms with Gasteiger partial charge in [-0.25, -0.2) is 0 Å². The highest BCUT2D eigenvalue weighted by atomic mass is 35.5. The molecule has 2 aliphatic carbocycles. The van der Waals surface area contributed by atoms with Gasteiger partial charge in [0.2, 0.25) is 0 Å². The number of ether oxygens (including phenoxy) is 1. The van der Waals surface area contributed by atoms with Crippen LogP contribution in [0.25, 0.3) is 0 Å². The lowest BCUT2D eigenvalue weighted by molar-refractivity contribution is -0.0209. The van der Waals surface area contributed by atoms with Crippen LogP contribution in [0.5, 0.6) is 5.75 Å². The van der Waals surface area contributed by atoms with Gasteiger partial charge in [-0.2, -0.15) is 5.26 Å². The molecule has 2 N–H and O–H groups in total. The van der Waals surface area contributed by atoms with Gasteiger partial charge in [-0.3, -0.25) is 9.69 Å². The second-order valence-electron chi connectivity index (χ2n) is 11.9. The lowest BCUT2D eigenvalue weighted by atomic mass is 9.60. The van der Waals surface area contributed by atoms with E-state index in [9.17, 15) is 4.79 Å². The number of piperidine rings is 1. The maximum atomic E-state index is 12.9. The van der Waals surface area contributed by atoms with E-state index in [-0.39, 0.29) is 18.1 Å². The van der Waals surface area contributed by atoms with E-state index in [1.165, 1.54) is 38.8 Å². The van der Waals surface area contributed by atoms with Crippen LogP contribution in [0.4, 0.5) is 5.82 Å². The molecule has 0 bridgehead atoms. The summed E-state index contributed by atoms with van der Waals surface area (Å²) in [5, 5.41) is 24.7. The average Bonchev–Trinajstić information content (AvgIpc) is 2.98. The Morgan fingerprint density at radius 1 is 1.05 bits per heavy atom. The number of halogens is 1. The molecular formula is C30H38ClN7O2. The highest BCUT2D eigenvalue weighted by molar-refractivity contribution is 6.31. The van der Waals surface area contributed by atoms with Crippen molar-refractivity contribution in [2.24, 2.45) is 5.41 Å². The second kappa shape index (κ2) is 11.9. The van der Waals surface area contributed by atoms with Crippen LogP contribution < -0.4 is 20.3 Å². The minimum absolute atomic E-state index is 0.0628. The van der Waals surface area contributed by atoms with Crippen molar-refractivity contribution in [3.8, 4) is 11.8 Å². The van der Waals surface area contributed by atoms with E-state index < -0.39 is 0 Å². The smallest absolute Gasteiger partial charge is 0.272 e. The Hall–Kier alpha value is -2.93. The van der Waals surface area contributed by atoms with E-state index >= 15 is 0 Å². The summed E-state index contributed by atoms with van der Waals surface area (Å²) in [5.74, 6) is 1.36. The summed E-state index contributed by atoms with van der Waals surface area (Å²) in [6, 6.07) is 11.8. The van der Waals surface area contributed by atoms with E-state index in [2.05, 4.69) is 36.7 Å². The van der Waals surface area contributed by atoms with Crippen molar-refractivity contribution in [1.29, 1.82) is 5.26 Å². The van der Waals surface area contributed by atoms with Crippen LogP contribution in [-0.4, -0.2) is 78.5 Å². The van der Waals surface area contributed by atoms with Crippen LogP contribution >= 0.6 is 11.6 Å². The summed E-state index contributed by atoms with van der Waals surface area (Å²) in [4.78, 5) is 17.9. The molecule has 212 valence electrons. The van der Waals surface area contributed by atoms with Crippen LogP contribution in [-0.2, 0) is 0 Å². The van der Waals surface area contributed by atoms with Gasteiger partial charge in [0.15, 0.2) is 11.5 Å². The zero-order valence-electron chi connectivity index (χ0n) is 22.9. The van der Waals surface area contributed by atoms with Crippen molar-refractivity contribution in [1.82, 2.24) is 25.7 Å². The molecule has 4 aliphatic rings. The molecule has 4 fully saturated rings. The molecule has 0 unspecified atom stereocenters. The summed E-state index contributed by atoms with van der Waals surface area (Å²) in [6.45, 7) is 6.64. The maximum Gasteiger partial charge on any atom is 0.272 e. The fraction of sp³-hybridized carbons (Fsp3) is 0.600. The summed E-state index contributed by atoms with van der Waals surface area (Å²) in [6.07, 6.45) is 8.49. The van der Waals surface area contributed by atoms with Gasteiger partial charge in [-0.15, -0.1) is 10.2 Å². The topological polar surface area (TPSA) is 106 Å². The van der Waals surface area contributed by atoms with E-state index in [1.54, 1.807) is 24.3 Å². The maximum absolute atomic E-state index is 12.9. The van der Waals surface area contributed by atoms with Gasteiger partial charge in [-0.1, -0.05) is 11.6 Å². The van der Waals surface area contributed by atoms with Crippen molar-refractivity contribution in [3.05, 3.63) is 46.6 Å². The number of piperazine rings is 1. The third-order valence-electron chi connectivity index (χ3n) is 9.41. The Morgan fingerprint density at radius 2 is 1.80 bits per heavy atom. The Morgan fingerprint density at radius 3 is 2.45 bits per heavy atom. The molecule has 1 amide bonds. The van der Waals surface area contributed by atoms with Crippen molar-refractivity contribution in [2.75, 3.05) is 44.2 Å². The first-order chi connectivity index (χ1) is 19.5. The van der Waals surface area contributed by atoms with Gasteiger partial charge in [0.25, 0.3) is 5.91 Å². The molecule has 3 heterocycles. The fourth-order valence-corrected chi connectivity index (χ4v) is 7.13. The summed E-state index contributed by atoms with van der Waals surface area (Å²) in [7, 11) is 0. The zero-order valence-corrected chi connectivity index (χ0v) is 23.7. The van der Waals surface area contributed by atoms with Crippen LogP contribution in [0.2, 0.25) is 5.02 Å². The fourth-order valence-electron chi connectivity index (χ4n) is 6.92. The normalized spacial score (nSPS) is 25.1. The first-order valence-electron chi connectivity index (χ1n) is 14.7. The van der Waals surface area contributed by atoms with Crippen LogP contribution in [0.15, 0.2) is 30.3 Å². The van der Waals surface area contributed by atoms with Crippen molar-refractivity contribution in [3.63, 3.8) is 0 Å². The molecule has 10 heteroatoms. The molecule has 2 saturated heterocycles. The number of anilines is 1. The largest absolute Gasteiger partial charge is 0.490 e. The number of nitriles is 1. The lowest BCUT2D eigenvalue weighted by Gasteiger charge is -2.56. The number of carbonyl (C=O) groups is 1. The van der Waals surface area contributed by atoms with E-state index in [0.29, 0.717) is 27.4 Å².